The molecule has 188 valence electrons. The maximum absolute atomic E-state index is 11.8. The number of ether oxygens (including phenoxy) is 1. The molecule has 2 heterocycles. The van der Waals surface area contributed by atoms with Crippen molar-refractivity contribution in [2.75, 3.05) is 13.7 Å². The molecular formula is C28H32N4O3S. The van der Waals surface area contributed by atoms with E-state index in [1.54, 1.807) is 44.9 Å². The van der Waals surface area contributed by atoms with Gasteiger partial charge in [0.15, 0.2) is 0 Å². The summed E-state index contributed by atoms with van der Waals surface area (Å²) in [6.07, 6.45) is 5.71. The summed E-state index contributed by atoms with van der Waals surface area (Å²) in [5, 5.41) is 18.2. The number of hydrogen-bond donors (Lipinski definition) is 2. The van der Waals surface area contributed by atoms with E-state index in [0.717, 1.165) is 39.0 Å². The maximum Gasteiger partial charge on any atom is 0.248 e. The van der Waals surface area contributed by atoms with Gasteiger partial charge in [0.1, 0.15) is 10.8 Å². The van der Waals surface area contributed by atoms with Crippen LogP contribution in [0.25, 0.3) is 5.70 Å². The number of allylic oxidation sites excluding steroid dienone is 3. The number of benzene rings is 2. The number of methoxy groups -OCH3 is 1. The topological polar surface area (TPSA) is 101 Å². The van der Waals surface area contributed by atoms with Crippen molar-refractivity contribution in [1.82, 2.24) is 5.01 Å². The number of aliphatic imine (C=N–C) groups is 1. The molecule has 0 fully saturated rings. The van der Waals surface area contributed by atoms with E-state index in [-0.39, 0.29) is 12.5 Å². The highest BCUT2D eigenvalue weighted by atomic mass is 32.2. The second kappa shape index (κ2) is 10.7. The first kappa shape index (κ1) is 25.7. The first-order valence-corrected chi connectivity index (χ1v) is 12.7. The van der Waals surface area contributed by atoms with E-state index in [9.17, 15) is 9.90 Å². The molecule has 0 spiro atoms. The second-order valence-electron chi connectivity index (χ2n) is 9.61. The molecule has 1 amide bonds. The van der Waals surface area contributed by atoms with Crippen molar-refractivity contribution in [3.8, 4) is 5.75 Å². The molecule has 1 atom stereocenters. The van der Waals surface area contributed by atoms with Gasteiger partial charge in [-0.05, 0) is 56.5 Å². The van der Waals surface area contributed by atoms with Crippen molar-refractivity contribution in [2.45, 2.75) is 44.1 Å². The predicted octanol–water partition coefficient (Wildman–Crippen LogP) is 5.08. The molecular weight excluding hydrogens is 472 g/mol. The van der Waals surface area contributed by atoms with Crippen LogP contribution >= 0.6 is 11.8 Å². The van der Waals surface area contributed by atoms with Crippen LogP contribution in [0.15, 0.2) is 81.4 Å². The number of hydrazone groups is 1. The lowest BCUT2D eigenvalue weighted by molar-refractivity contribution is 0.0903. The third-order valence-corrected chi connectivity index (χ3v) is 6.77. The number of carbonyl (C=O) groups is 1. The van der Waals surface area contributed by atoms with Crippen molar-refractivity contribution in [3.63, 3.8) is 0 Å². The number of nitrogens with two attached hydrogens (primary N) is 1. The third kappa shape index (κ3) is 6.06. The van der Waals surface area contributed by atoms with Crippen LogP contribution in [-0.4, -0.2) is 46.0 Å². The van der Waals surface area contributed by atoms with Gasteiger partial charge in [-0.1, -0.05) is 49.0 Å². The molecule has 0 aliphatic carbocycles. The number of aliphatic hydroxyl groups is 1. The lowest BCUT2D eigenvalue weighted by Crippen LogP contribution is -2.31. The lowest BCUT2D eigenvalue weighted by atomic mass is 10.0. The third-order valence-electron chi connectivity index (χ3n) is 5.81. The van der Waals surface area contributed by atoms with Crippen LogP contribution < -0.4 is 10.5 Å². The van der Waals surface area contributed by atoms with E-state index in [1.807, 2.05) is 29.3 Å². The van der Waals surface area contributed by atoms with Crippen LogP contribution in [0, 0.1) is 5.92 Å². The Bertz CT molecular complexity index is 1260. The van der Waals surface area contributed by atoms with Crippen LogP contribution in [0.5, 0.6) is 5.75 Å². The molecule has 4 rings (SSSR count). The van der Waals surface area contributed by atoms with Crippen molar-refractivity contribution in [1.29, 1.82) is 0 Å². The Balaban J connectivity index is 1.84. The molecule has 36 heavy (non-hydrogen) atoms. The molecule has 1 unspecified atom stereocenters. The van der Waals surface area contributed by atoms with Gasteiger partial charge in [0.2, 0.25) is 5.91 Å². The molecule has 0 radical (unpaired) electrons. The molecule has 0 saturated heterocycles. The molecule has 0 bridgehead atoms. The Kier molecular flexibility index (Phi) is 7.66. The van der Waals surface area contributed by atoms with Crippen molar-refractivity contribution in [3.05, 3.63) is 77.5 Å². The van der Waals surface area contributed by atoms with Crippen LogP contribution in [0.1, 0.15) is 49.5 Å². The van der Waals surface area contributed by atoms with Crippen LogP contribution in [0.2, 0.25) is 0 Å². The van der Waals surface area contributed by atoms with Gasteiger partial charge < -0.3 is 15.6 Å². The highest BCUT2D eigenvalue weighted by molar-refractivity contribution is 8.14. The van der Waals surface area contributed by atoms with Crippen LogP contribution in [0.3, 0.4) is 0 Å². The summed E-state index contributed by atoms with van der Waals surface area (Å²) in [6.45, 7) is 5.94. The summed E-state index contributed by atoms with van der Waals surface area (Å²) in [5.41, 5.74) is 8.38. The largest absolute Gasteiger partial charge is 0.496 e. The smallest absolute Gasteiger partial charge is 0.248 e. The van der Waals surface area contributed by atoms with Gasteiger partial charge in [0, 0.05) is 22.4 Å². The fourth-order valence-electron chi connectivity index (χ4n) is 4.02. The number of nitrogens with zero attached hydrogens (tertiary/aromatic N) is 3. The molecule has 7 nitrogen and oxygen atoms in total. The molecule has 0 aromatic heterocycles. The zero-order valence-corrected chi connectivity index (χ0v) is 21.9. The Morgan fingerprint density at radius 1 is 1.25 bits per heavy atom. The van der Waals surface area contributed by atoms with E-state index in [4.69, 9.17) is 20.6 Å². The minimum absolute atomic E-state index is 0.231. The zero-order valence-electron chi connectivity index (χ0n) is 21.1. The number of fused-ring (bicyclic) bond motifs is 1. The minimum Gasteiger partial charge on any atom is -0.496 e. The molecule has 3 N–H and O–H groups in total. The van der Waals surface area contributed by atoms with Gasteiger partial charge in [-0.15, -0.1) is 0 Å². The van der Waals surface area contributed by atoms with Gasteiger partial charge >= 0.3 is 0 Å². The summed E-state index contributed by atoms with van der Waals surface area (Å²) in [7, 11) is 1.58. The Hall–Kier alpha value is -3.36. The van der Waals surface area contributed by atoms with E-state index in [1.165, 1.54) is 0 Å². The second-order valence-corrected chi connectivity index (χ2v) is 10.8. The fraction of sp³-hybridized carbons (Fsp3) is 0.321. The summed E-state index contributed by atoms with van der Waals surface area (Å²) < 4.78 is 5.67. The molecule has 0 saturated carbocycles. The predicted molar refractivity (Wildman–Crippen MR) is 146 cm³/mol. The van der Waals surface area contributed by atoms with Crippen molar-refractivity contribution < 1.29 is 14.6 Å². The number of rotatable bonds is 6. The summed E-state index contributed by atoms with van der Waals surface area (Å²) in [6, 6.07) is 15.3. The Labute approximate surface area is 216 Å². The van der Waals surface area contributed by atoms with Crippen molar-refractivity contribution in [2.24, 2.45) is 21.7 Å². The first-order chi connectivity index (χ1) is 17.1. The van der Waals surface area contributed by atoms with E-state index in [2.05, 4.69) is 31.2 Å². The highest BCUT2D eigenvalue weighted by Crippen LogP contribution is 2.39. The molecule has 2 aliphatic heterocycles. The average Bonchev–Trinajstić information content (AvgIpc) is 3.01. The Morgan fingerprint density at radius 3 is 2.67 bits per heavy atom. The van der Waals surface area contributed by atoms with Gasteiger partial charge in [-0.25, -0.2) is 5.01 Å². The van der Waals surface area contributed by atoms with Gasteiger partial charge in [-0.2, -0.15) is 5.10 Å². The Morgan fingerprint density at radius 2 is 2.00 bits per heavy atom. The number of thioether (sulfide) groups is 1. The van der Waals surface area contributed by atoms with Crippen molar-refractivity contribution >= 4 is 34.1 Å². The van der Waals surface area contributed by atoms with Gasteiger partial charge in [0.05, 0.1) is 36.4 Å². The highest BCUT2D eigenvalue weighted by Gasteiger charge is 2.31. The minimum atomic E-state index is -0.926. The fourth-order valence-corrected chi connectivity index (χ4v) is 4.91. The standard InChI is InChI=1S/C28H32N4O3S/c1-18-10-13-23-22(30-17-28(2,3)34)16-26(36-20-8-6-5-7-9-20)31-32(23)24(14-18)21-12-11-19(27(29)33)15-25(21)35-4/h5-9,11-15,18,34H,10,16-17H2,1-4H3,(H2,29,33). The summed E-state index contributed by atoms with van der Waals surface area (Å²) in [5.74, 6) is 0.260. The molecule has 2 aromatic carbocycles. The zero-order chi connectivity index (χ0) is 25.9. The molecule has 2 aromatic rings. The summed E-state index contributed by atoms with van der Waals surface area (Å²) >= 11 is 1.60. The van der Waals surface area contributed by atoms with Gasteiger partial charge in [-0.3, -0.25) is 9.79 Å². The SMILES string of the molecule is COc1cc(C(N)=O)ccc1C1=CC(C)CC=C2C(=NCC(C)(C)O)CC(Sc3ccccc3)=NN21. The van der Waals surface area contributed by atoms with Crippen LogP contribution in [-0.2, 0) is 0 Å². The number of amides is 1. The monoisotopic (exact) mass is 504 g/mol. The molecule has 8 heteroatoms. The first-order valence-electron chi connectivity index (χ1n) is 11.9. The van der Waals surface area contributed by atoms with Crippen LogP contribution in [0.4, 0.5) is 0 Å². The quantitative estimate of drug-likeness (QED) is 0.571. The molecule has 2 aliphatic rings. The number of primary amides is 1. The number of hydrogen-bond acceptors (Lipinski definition) is 7. The normalized spacial score (nSPS) is 19.1. The average molecular weight is 505 g/mol. The van der Waals surface area contributed by atoms with E-state index >= 15 is 0 Å². The van der Waals surface area contributed by atoms with E-state index in [0.29, 0.717) is 17.7 Å². The van der Waals surface area contributed by atoms with E-state index < -0.39 is 11.5 Å². The summed E-state index contributed by atoms with van der Waals surface area (Å²) in [4.78, 5) is 17.7. The van der Waals surface area contributed by atoms with Gasteiger partial charge in [0.25, 0.3) is 0 Å². The maximum atomic E-state index is 11.8. The number of carbonyl (C=O) groups excluding carboxylic acids is 1. The lowest BCUT2D eigenvalue weighted by Gasteiger charge is -2.31.